The Morgan fingerprint density at radius 3 is 2.60 bits per heavy atom. The molecular formula is C17H36N2O. The molecule has 1 heterocycles. The van der Waals surface area contributed by atoms with Gasteiger partial charge in [0.05, 0.1) is 6.61 Å². The Morgan fingerprint density at radius 2 is 1.90 bits per heavy atom. The molecule has 1 saturated heterocycles. The average molecular weight is 284 g/mol. The Hall–Kier alpha value is -0.120. The number of piperidine rings is 1. The minimum Gasteiger partial charge on any atom is -0.380 e. The monoisotopic (exact) mass is 284 g/mol. The van der Waals surface area contributed by atoms with Crippen molar-refractivity contribution in [2.45, 2.75) is 59.4 Å². The van der Waals surface area contributed by atoms with Crippen LogP contribution in [0.1, 0.15) is 53.4 Å². The molecule has 1 atom stereocenters. The molecule has 0 saturated carbocycles. The van der Waals surface area contributed by atoms with Gasteiger partial charge in [0.25, 0.3) is 0 Å². The third kappa shape index (κ3) is 8.23. The highest BCUT2D eigenvalue weighted by molar-refractivity contribution is 4.78. The van der Waals surface area contributed by atoms with Crippen molar-refractivity contribution in [1.82, 2.24) is 10.2 Å². The molecule has 3 nitrogen and oxygen atoms in total. The van der Waals surface area contributed by atoms with Gasteiger partial charge in [0.2, 0.25) is 0 Å². The second-order valence-corrected chi connectivity index (χ2v) is 7.03. The highest BCUT2D eigenvalue weighted by atomic mass is 16.5. The van der Waals surface area contributed by atoms with Crippen molar-refractivity contribution < 1.29 is 4.74 Å². The first-order valence-electron chi connectivity index (χ1n) is 8.62. The van der Waals surface area contributed by atoms with Crippen molar-refractivity contribution >= 4 is 0 Å². The van der Waals surface area contributed by atoms with E-state index < -0.39 is 0 Å². The van der Waals surface area contributed by atoms with Gasteiger partial charge < -0.3 is 10.1 Å². The van der Waals surface area contributed by atoms with Crippen molar-refractivity contribution in [3.63, 3.8) is 0 Å². The summed E-state index contributed by atoms with van der Waals surface area (Å²) in [5, 5.41) is 3.62. The van der Waals surface area contributed by atoms with Crippen LogP contribution >= 0.6 is 0 Å². The summed E-state index contributed by atoms with van der Waals surface area (Å²) in [5.41, 5.74) is 0. The normalized spacial score (nSPS) is 21.0. The predicted molar refractivity (Wildman–Crippen MR) is 87.2 cm³/mol. The molecule has 0 amide bonds. The third-order valence-electron chi connectivity index (χ3n) is 4.04. The van der Waals surface area contributed by atoms with Gasteiger partial charge in [-0.25, -0.2) is 0 Å². The average Bonchev–Trinajstić information content (AvgIpc) is 2.39. The number of ether oxygens (including phenoxy) is 1. The van der Waals surface area contributed by atoms with Gasteiger partial charge >= 0.3 is 0 Å². The Bertz CT molecular complexity index is 231. The molecule has 0 spiro atoms. The molecule has 120 valence electrons. The lowest BCUT2D eigenvalue weighted by Crippen LogP contribution is -2.47. The molecule has 1 rings (SSSR count). The Labute approximate surface area is 126 Å². The van der Waals surface area contributed by atoms with E-state index in [0.717, 1.165) is 50.7 Å². The standard InChI is InChI=1S/C17H36N2O/c1-15(2)8-11-20-12-10-19-9-6-5-7-17(19)14-18-13-16(3)4/h15-18H,5-14H2,1-4H3. The van der Waals surface area contributed by atoms with Gasteiger partial charge in [-0.2, -0.15) is 0 Å². The second-order valence-electron chi connectivity index (χ2n) is 7.03. The lowest BCUT2D eigenvalue weighted by atomic mass is 10.0. The van der Waals surface area contributed by atoms with E-state index in [4.69, 9.17) is 4.74 Å². The van der Waals surface area contributed by atoms with Gasteiger partial charge in [0.1, 0.15) is 0 Å². The van der Waals surface area contributed by atoms with Crippen LogP contribution < -0.4 is 5.32 Å². The topological polar surface area (TPSA) is 24.5 Å². The first kappa shape index (κ1) is 17.9. The summed E-state index contributed by atoms with van der Waals surface area (Å²) < 4.78 is 5.78. The molecule has 1 N–H and O–H groups in total. The number of nitrogens with one attached hydrogen (secondary N) is 1. The molecule has 0 radical (unpaired) electrons. The number of hydrogen-bond donors (Lipinski definition) is 1. The summed E-state index contributed by atoms with van der Waals surface area (Å²) in [4.78, 5) is 2.63. The molecule has 20 heavy (non-hydrogen) atoms. The Morgan fingerprint density at radius 1 is 1.10 bits per heavy atom. The van der Waals surface area contributed by atoms with Crippen LogP contribution in [0.15, 0.2) is 0 Å². The predicted octanol–water partition coefficient (Wildman–Crippen LogP) is 3.15. The fraction of sp³-hybridized carbons (Fsp3) is 1.00. The minimum atomic E-state index is 0.719. The number of nitrogens with zero attached hydrogens (tertiary/aromatic N) is 1. The van der Waals surface area contributed by atoms with E-state index in [2.05, 4.69) is 37.9 Å². The van der Waals surface area contributed by atoms with Crippen LogP contribution in [0.5, 0.6) is 0 Å². The van der Waals surface area contributed by atoms with Crippen LogP contribution in [0.25, 0.3) is 0 Å². The Kier molecular flexibility index (Phi) is 9.49. The molecule has 3 heteroatoms. The maximum absolute atomic E-state index is 5.78. The summed E-state index contributed by atoms with van der Waals surface area (Å²) in [6.45, 7) is 15.5. The van der Waals surface area contributed by atoms with E-state index in [-0.39, 0.29) is 0 Å². The van der Waals surface area contributed by atoms with Gasteiger partial charge in [-0.1, -0.05) is 34.1 Å². The first-order valence-corrected chi connectivity index (χ1v) is 8.62. The molecule has 0 aromatic heterocycles. The van der Waals surface area contributed by atoms with Gasteiger partial charge in [-0.3, -0.25) is 4.90 Å². The largest absolute Gasteiger partial charge is 0.380 e. The maximum atomic E-state index is 5.78. The van der Waals surface area contributed by atoms with Gasteiger partial charge in [-0.15, -0.1) is 0 Å². The molecular weight excluding hydrogens is 248 g/mol. The lowest BCUT2D eigenvalue weighted by molar-refractivity contribution is 0.0669. The highest BCUT2D eigenvalue weighted by Gasteiger charge is 2.21. The molecule has 0 aromatic carbocycles. The van der Waals surface area contributed by atoms with Crippen molar-refractivity contribution in [2.24, 2.45) is 11.8 Å². The van der Waals surface area contributed by atoms with E-state index in [0.29, 0.717) is 0 Å². The van der Waals surface area contributed by atoms with Gasteiger partial charge in [0.15, 0.2) is 0 Å². The number of rotatable bonds is 10. The van der Waals surface area contributed by atoms with Crippen LogP contribution in [0, 0.1) is 11.8 Å². The lowest BCUT2D eigenvalue weighted by Gasteiger charge is -2.36. The third-order valence-corrected chi connectivity index (χ3v) is 4.04. The summed E-state index contributed by atoms with van der Waals surface area (Å²) >= 11 is 0. The quantitative estimate of drug-likeness (QED) is 0.624. The minimum absolute atomic E-state index is 0.719. The molecule has 0 aliphatic carbocycles. The van der Waals surface area contributed by atoms with Crippen molar-refractivity contribution in [3.05, 3.63) is 0 Å². The molecule has 1 fully saturated rings. The number of hydrogen-bond acceptors (Lipinski definition) is 3. The molecule has 0 bridgehead atoms. The van der Waals surface area contributed by atoms with E-state index in [1.807, 2.05) is 0 Å². The highest BCUT2D eigenvalue weighted by Crippen LogP contribution is 2.16. The van der Waals surface area contributed by atoms with Crippen molar-refractivity contribution in [2.75, 3.05) is 39.4 Å². The van der Waals surface area contributed by atoms with E-state index in [1.165, 1.54) is 32.2 Å². The number of likely N-dealkylation sites (tertiary alicyclic amines) is 1. The fourth-order valence-electron chi connectivity index (χ4n) is 2.73. The van der Waals surface area contributed by atoms with Crippen molar-refractivity contribution in [1.29, 1.82) is 0 Å². The summed E-state index contributed by atoms with van der Waals surface area (Å²) in [6, 6.07) is 0.719. The van der Waals surface area contributed by atoms with Gasteiger partial charge in [0, 0.05) is 25.7 Å². The summed E-state index contributed by atoms with van der Waals surface area (Å²) in [6.07, 6.45) is 5.27. The van der Waals surface area contributed by atoms with Crippen molar-refractivity contribution in [3.8, 4) is 0 Å². The first-order chi connectivity index (χ1) is 9.59. The van der Waals surface area contributed by atoms with Crippen LogP contribution in [-0.4, -0.2) is 50.3 Å². The SMILES string of the molecule is CC(C)CCOCCN1CCCCC1CNCC(C)C. The van der Waals surface area contributed by atoms with E-state index >= 15 is 0 Å². The van der Waals surface area contributed by atoms with E-state index in [9.17, 15) is 0 Å². The zero-order valence-electron chi connectivity index (χ0n) is 14.2. The zero-order chi connectivity index (χ0) is 14.8. The fourth-order valence-corrected chi connectivity index (χ4v) is 2.73. The molecule has 0 aromatic rings. The van der Waals surface area contributed by atoms with Gasteiger partial charge in [-0.05, 0) is 44.2 Å². The summed E-state index contributed by atoms with van der Waals surface area (Å²) in [5.74, 6) is 1.49. The van der Waals surface area contributed by atoms with Crippen LogP contribution in [0.2, 0.25) is 0 Å². The molecule has 1 aliphatic heterocycles. The molecule has 1 unspecified atom stereocenters. The van der Waals surface area contributed by atoms with Crippen LogP contribution in [0.3, 0.4) is 0 Å². The van der Waals surface area contributed by atoms with E-state index in [1.54, 1.807) is 0 Å². The zero-order valence-corrected chi connectivity index (χ0v) is 14.2. The second kappa shape index (κ2) is 10.6. The smallest absolute Gasteiger partial charge is 0.0593 e. The van der Waals surface area contributed by atoms with Crippen LogP contribution in [0.4, 0.5) is 0 Å². The molecule has 1 aliphatic rings. The Balaban J connectivity index is 2.15. The maximum Gasteiger partial charge on any atom is 0.0593 e. The summed E-state index contributed by atoms with van der Waals surface area (Å²) in [7, 11) is 0. The van der Waals surface area contributed by atoms with Crippen LogP contribution in [-0.2, 0) is 4.74 Å².